The number of fused-ring (bicyclic) bond motifs is 5. The average molecular weight is 439 g/mol. The van der Waals surface area contributed by atoms with E-state index in [2.05, 4.69) is 122 Å². The van der Waals surface area contributed by atoms with Crippen LogP contribution in [-0.4, -0.2) is 0 Å². The monoisotopic (exact) mass is 438 g/mol. The molecule has 0 unspecified atom stereocenters. The molecule has 6 aromatic carbocycles. The molecule has 0 saturated heterocycles. The highest BCUT2D eigenvalue weighted by Gasteiger charge is 2.15. The van der Waals surface area contributed by atoms with Crippen molar-refractivity contribution in [1.29, 1.82) is 0 Å². The van der Waals surface area contributed by atoms with Gasteiger partial charge in [-0.3, -0.25) is 5.84 Å². The second kappa shape index (κ2) is 8.02. The molecule has 0 aliphatic heterocycles. The lowest BCUT2D eigenvalue weighted by Gasteiger charge is -2.17. The van der Waals surface area contributed by atoms with E-state index in [1.54, 1.807) is 0 Å². The van der Waals surface area contributed by atoms with Crippen LogP contribution in [0.2, 0.25) is 0 Å². The van der Waals surface area contributed by atoms with E-state index in [-0.39, 0.29) is 0 Å². The Morgan fingerprint density at radius 3 is 1.71 bits per heavy atom. The summed E-state index contributed by atoms with van der Waals surface area (Å²) in [5, 5.41) is 7.24. The fourth-order valence-corrected chi connectivity index (χ4v) is 5.12. The summed E-state index contributed by atoms with van der Waals surface area (Å²) in [5.41, 5.74) is 11.3. The lowest BCUT2D eigenvalue weighted by atomic mass is 9.87. The van der Waals surface area contributed by atoms with Crippen LogP contribution in [0.3, 0.4) is 0 Å². The third-order valence-corrected chi connectivity index (χ3v) is 6.90. The summed E-state index contributed by atoms with van der Waals surface area (Å²) in [6.45, 7) is 4.26. The van der Waals surface area contributed by atoms with E-state index in [4.69, 9.17) is 5.84 Å². The SMILES string of the molecule is Cc1ccc(-c2ccc3c(ccc4c5ccccc5c(NN)cc34)c2-c2ccc(C)cc2)cc1. The van der Waals surface area contributed by atoms with Crippen molar-refractivity contribution in [3.63, 3.8) is 0 Å². The van der Waals surface area contributed by atoms with Crippen molar-refractivity contribution in [2.24, 2.45) is 5.84 Å². The first kappa shape index (κ1) is 20.5. The van der Waals surface area contributed by atoms with Gasteiger partial charge in [0.25, 0.3) is 0 Å². The number of nitrogens with one attached hydrogen (secondary N) is 1. The van der Waals surface area contributed by atoms with Crippen molar-refractivity contribution in [2.45, 2.75) is 13.8 Å². The molecule has 6 aromatic rings. The Morgan fingerprint density at radius 1 is 0.500 bits per heavy atom. The zero-order valence-electron chi connectivity index (χ0n) is 19.4. The standard InChI is InChI=1S/C32H26N2/c1-20-7-11-22(12-8-20)24-15-16-27-29(32(24)23-13-9-21(2)10-14-23)18-17-26-25-5-3-4-6-28(25)31(34-33)19-30(26)27/h3-19,34H,33H2,1-2H3. The van der Waals surface area contributed by atoms with Gasteiger partial charge in [-0.25, -0.2) is 0 Å². The smallest absolute Gasteiger partial charge is 0.0570 e. The summed E-state index contributed by atoms with van der Waals surface area (Å²) in [6.07, 6.45) is 0. The molecule has 2 nitrogen and oxygen atoms in total. The molecular weight excluding hydrogens is 412 g/mol. The minimum Gasteiger partial charge on any atom is -0.323 e. The van der Waals surface area contributed by atoms with Crippen LogP contribution >= 0.6 is 0 Å². The second-order valence-corrected chi connectivity index (χ2v) is 9.09. The van der Waals surface area contributed by atoms with Crippen molar-refractivity contribution < 1.29 is 0 Å². The van der Waals surface area contributed by atoms with Crippen molar-refractivity contribution >= 4 is 38.0 Å². The maximum absolute atomic E-state index is 5.95. The van der Waals surface area contributed by atoms with E-state index >= 15 is 0 Å². The first-order valence-corrected chi connectivity index (χ1v) is 11.7. The molecule has 3 N–H and O–H groups in total. The molecule has 0 spiro atoms. The van der Waals surface area contributed by atoms with Gasteiger partial charge in [-0.05, 0) is 69.1 Å². The van der Waals surface area contributed by atoms with Gasteiger partial charge in [0, 0.05) is 5.39 Å². The molecule has 164 valence electrons. The molecule has 0 radical (unpaired) electrons. The molecule has 2 heteroatoms. The molecule has 0 bridgehead atoms. The number of benzene rings is 6. The normalized spacial score (nSPS) is 11.4. The predicted molar refractivity (Wildman–Crippen MR) is 147 cm³/mol. The Bertz CT molecular complexity index is 1680. The number of hydrogen-bond acceptors (Lipinski definition) is 2. The Morgan fingerprint density at radius 2 is 1.03 bits per heavy atom. The number of aryl methyl sites for hydroxylation is 2. The first-order valence-electron chi connectivity index (χ1n) is 11.7. The Labute approximate surface area is 199 Å². The maximum Gasteiger partial charge on any atom is 0.0570 e. The first-order chi connectivity index (χ1) is 16.6. The minimum atomic E-state index is 0.940. The van der Waals surface area contributed by atoms with Crippen molar-refractivity contribution in [3.05, 3.63) is 114 Å². The molecule has 0 heterocycles. The number of hydrazine groups is 1. The van der Waals surface area contributed by atoms with Gasteiger partial charge in [0.1, 0.15) is 0 Å². The van der Waals surface area contributed by atoms with Gasteiger partial charge in [-0.15, -0.1) is 0 Å². The van der Waals surface area contributed by atoms with E-state index in [1.807, 2.05) is 0 Å². The lowest BCUT2D eigenvalue weighted by Crippen LogP contribution is -2.07. The largest absolute Gasteiger partial charge is 0.323 e. The zero-order chi connectivity index (χ0) is 23.2. The van der Waals surface area contributed by atoms with Gasteiger partial charge in [0.2, 0.25) is 0 Å². The summed E-state index contributed by atoms with van der Waals surface area (Å²) < 4.78 is 0. The second-order valence-electron chi connectivity index (χ2n) is 9.09. The third kappa shape index (κ3) is 3.23. The van der Waals surface area contributed by atoms with Gasteiger partial charge in [-0.2, -0.15) is 0 Å². The van der Waals surface area contributed by atoms with E-state index in [0.29, 0.717) is 0 Å². The molecule has 0 saturated carbocycles. The van der Waals surface area contributed by atoms with Crippen LogP contribution in [-0.2, 0) is 0 Å². The summed E-state index contributed by atoms with van der Waals surface area (Å²) in [7, 11) is 0. The molecular formula is C32H26N2. The zero-order valence-corrected chi connectivity index (χ0v) is 19.4. The van der Waals surface area contributed by atoms with E-state index in [9.17, 15) is 0 Å². The summed E-state index contributed by atoms with van der Waals surface area (Å²) in [6, 6.07) is 37.4. The van der Waals surface area contributed by atoms with Crippen LogP contribution in [0.25, 0.3) is 54.6 Å². The Balaban J connectivity index is 1.74. The van der Waals surface area contributed by atoms with E-state index in [1.165, 1.54) is 60.3 Å². The maximum atomic E-state index is 5.95. The Hall–Kier alpha value is -4.14. The fourth-order valence-electron chi connectivity index (χ4n) is 5.12. The van der Waals surface area contributed by atoms with Crippen molar-refractivity contribution in [2.75, 3.05) is 5.43 Å². The lowest BCUT2D eigenvalue weighted by molar-refractivity contribution is 1.37. The van der Waals surface area contributed by atoms with E-state index < -0.39 is 0 Å². The van der Waals surface area contributed by atoms with Gasteiger partial charge >= 0.3 is 0 Å². The molecule has 0 amide bonds. The number of hydrogen-bond donors (Lipinski definition) is 2. The number of rotatable bonds is 3. The predicted octanol–water partition coefficient (Wildman–Crippen LogP) is 8.38. The number of nitrogen functional groups attached to an aromatic ring is 1. The van der Waals surface area contributed by atoms with E-state index in [0.717, 1.165) is 11.1 Å². The molecule has 0 atom stereocenters. The van der Waals surface area contributed by atoms with Gasteiger partial charge < -0.3 is 5.43 Å². The molecule has 0 aliphatic carbocycles. The highest BCUT2D eigenvalue weighted by atomic mass is 15.2. The molecule has 34 heavy (non-hydrogen) atoms. The van der Waals surface area contributed by atoms with Crippen LogP contribution in [0, 0.1) is 13.8 Å². The van der Waals surface area contributed by atoms with Crippen molar-refractivity contribution in [1.82, 2.24) is 0 Å². The van der Waals surface area contributed by atoms with Crippen LogP contribution in [0.15, 0.2) is 103 Å². The average Bonchev–Trinajstić information content (AvgIpc) is 2.88. The third-order valence-electron chi connectivity index (χ3n) is 6.90. The van der Waals surface area contributed by atoms with Crippen LogP contribution < -0.4 is 11.3 Å². The summed E-state index contributed by atoms with van der Waals surface area (Å²) in [5.74, 6) is 5.95. The highest BCUT2D eigenvalue weighted by Crippen LogP contribution is 2.42. The number of anilines is 1. The molecule has 0 aromatic heterocycles. The van der Waals surface area contributed by atoms with Gasteiger partial charge in [-0.1, -0.05) is 108 Å². The quantitative estimate of drug-likeness (QED) is 0.165. The summed E-state index contributed by atoms with van der Waals surface area (Å²) in [4.78, 5) is 0. The minimum absolute atomic E-state index is 0.940. The van der Waals surface area contributed by atoms with Crippen LogP contribution in [0.5, 0.6) is 0 Å². The van der Waals surface area contributed by atoms with Crippen LogP contribution in [0.4, 0.5) is 5.69 Å². The number of nitrogens with two attached hydrogens (primary N) is 1. The van der Waals surface area contributed by atoms with Crippen LogP contribution in [0.1, 0.15) is 11.1 Å². The van der Waals surface area contributed by atoms with Crippen molar-refractivity contribution in [3.8, 4) is 22.3 Å². The fraction of sp³-hybridized carbons (Fsp3) is 0.0625. The van der Waals surface area contributed by atoms with Gasteiger partial charge in [0.15, 0.2) is 0 Å². The molecule has 0 fully saturated rings. The molecule has 6 rings (SSSR count). The van der Waals surface area contributed by atoms with Gasteiger partial charge in [0.05, 0.1) is 5.69 Å². The topological polar surface area (TPSA) is 38.0 Å². The highest BCUT2D eigenvalue weighted by molar-refractivity contribution is 6.23. The summed E-state index contributed by atoms with van der Waals surface area (Å²) >= 11 is 0. The Kier molecular flexibility index (Phi) is 4.83. The molecule has 0 aliphatic rings.